The van der Waals surface area contributed by atoms with Crippen LogP contribution in [0.2, 0.25) is 10.0 Å². The zero-order chi connectivity index (χ0) is 22.0. The molecule has 167 valence electrons. The Kier molecular flexibility index (Phi) is 8.04. The van der Waals surface area contributed by atoms with Crippen LogP contribution in [0.3, 0.4) is 0 Å². The number of hydrogen-bond acceptors (Lipinski definition) is 6. The van der Waals surface area contributed by atoms with Crippen LogP contribution in [-0.2, 0) is 9.59 Å². The maximum absolute atomic E-state index is 13.1. The second kappa shape index (κ2) is 9.54. The van der Waals surface area contributed by atoms with E-state index in [1.54, 1.807) is 39.0 Å². The second-order valence-electron chi connectivity index (χ2n) is 7.61. The van der Waals surface area contributed by atoms with Gasteiger partial charge in [-0.2, -0.15) is 0 Å². The van der Waals surface area contributed by atoms with Gasteiger partial charge in [0.15, 0.2) is 0 Å². The zero-order valence-corrected chi connectivity index (χ0v) is 21.9. The summed E-state index contributed by atoms with van der Waals surface area (Å²) in [7, 11) is 0. The molecular weight excluding hydrogens is 492 g/mol. The number of β-lactam (4-membered cyclic amide) rings is 1. The molecule has 0 spiro atoms. The molecule has 4 rings (SSSR count). The molecule has 3 heterocycles. The topological polar surface area (TPSA) is 144 Å². The van der Waals surface area contributed by atoms with Crippen LogP contribution in [0.5, 0.6) is 0 Å². The van der Waals surface area contributed by atoms with E-state index in [1.165, 1.54) is 16.7 Å². The maximum atomic E-state index is 13.1. The van der Waals surface area contributed by atoms with Crippen molar-refractivity contribution < 1.29 is 29.5 Å². The Labute approximate surface area is 219 Å². The van der Waals surface area contributed by atoms with Crippen LogP contribution in [0.15, 0.2) is 22.7 Å². The molecule has 2 aliphatic rings. The molecule has 1 aromatic heterocycles. The third-order valence-electron chi connectivity index (χ3n) is 5.25. The van der Waals surface area contributed by atoms with Gasteiger partial charge in [0, 0.05) is 39.9 Å². The number of hydrogen-bond donors (Lipinski definition) is 2. The molecule has 0 bridgehead atoms. The number of nitrogens with zero attached hydrogens (tertiary/aromatic N) is 2. The number of aliphatic carboxylic acids is 1. The van der Waals surface area contributed by atoms with Gasteiger partial charge in [-0.3, -0.25) is 9.59 Å². The number of aryl methyl sites for hydroxylation is 1. The van der Waals surface area contributed by atoms with Crippen molar-refractivity contribution in [1.82, 2.24) is 15.4 Å². The number of fused-ring (bicyclic) bond motifs is 1. The molecule has 0 aliphatic carbocycles. The predicted molar refractivity (Wildman–Crippen MR) is 121 cm³/mol. The Bertz CT molecular complexity index is 1070. The quantitative estimate of drug-likeness (QED) is 0.472. The average Bonchev–Trinajstić information content (AvgIpc) is 3.14. The van der Waals surface area contributed by atoms with Crippen molar-refractivity contribution >= 4 is 82.3 Å². The molecule has 2 aromatic rings. The van der Waals surface area contributed by atoms with Crippen LogP contribution >= 0.6 is 35.0 Å². The number of thioether (sulfide) groups is 1. The van der Waals surface area contributed by atoms with Crippen LogP contribution in [0.1, 0.15) is 30.0 Å². The number of halogens is 2. The molecule has 0 unspecified atom stereocenters. The molecule has 2 amide bonds. The summed E-state index contributed by atoms with van der Waals surface area (Å²) in [5, 5.41) is 16.3. The molecule has 32 heavy (non-hydrogen) atoms. The Morgan fingerprint density at radius 1 is 1.28 bits per heavy atom. The average molecular weight is 511 g/mol. The number of nitrogens with one attached hydrogen (secondary N) is 1. The predicted octanol–water partition coefficient (Wildman–Crippen LogP) is 2.00. The van der Waals surface area contributed by atoms with Gasteiger partial charge in [-0.15, -0.1) is 11.8 Å². The fourth-order valence-electron chi connectivity index (χ4n) is 3.89. The van der Waals surface area contributed by atoms with E-state index in [4.69, 9.17) is 27.7 Å². The van der Waals surface area contributed by atoms with Gasteiger partial charge < -0.3 is 25.3 Å². The van der Waals surface area contributed by atoms with Crippen LogP contribution in [0.4, 0.5) is 0 Å². The van der Waals surface area contributed by atoms with Crippen molar-refractivity contribution in [3.8, 4) is 11.3 Å². The van der Waals surface area contributed by atoms with Crippen molar-refractivity contribution in [2.45, 2.75) is 43.0 Å². The SMILES string of the molecule is Cc1onc(-c2c(Cl)cccc2Cl)c1C(=O)N[C@@H]1C(=O)N2[C@@H]1SC(C)(C)[C@@H]2C(=O)O.O.[Na]. The molecule has 13 heteroatoms. The van der Waals surface area contributed by atoms with Crippen LogP contribution in [0, 0.1) is 6.92 Å². The van der Waals surface area contributed by atoms with Gasteiger partial charge in [0.2, 0.25) is 5.91 Å². The molecule has 2 aliphatic heterocycles. The number of aromatic nitrogens is 1. The molecule has 1 aromatic carbocycles. The number of amides is 2. The fourth-order valence-corrected chi connectivity index (χ4v) is 6.09. The third kappa shape index (κ3) is 4.18. The minimum absolute atomic E-state index is 0. The molecule has 9 nitrogen and oxygen atoms in total. The monoisotopic (exact) mass is 510 g/mol. The summed E-state index contributed by atoms with van der Waals surface area (Å²) < 4.78 is 4.52. The summed E-state index contributed by atoms with van der Waals surface area (Å²) in [6.45, 7) is 5.10. The molecule has 4 N–H and O–H groups in total. The second-order valence-corrected chi connectivity index (χ2v) is 10.2. The van der Waals surface area contributed by atoms with Gasteiger partial charge in [-0.1, -0.05) is 34.4 Å². The minimum Gasteiger partial charge on any atom is -0.480 e. The minimum atomic E-state index is -1.07. The summed E-state index contributed by atoms with van der Waals surface area (Å²) in [6, 6.07) is 3.09. The van der Waals surface area contributed by atoms with E-state index in [-0.39, 0.29) is 52.1 Å². The Hall–Kier alpha value is -1.27. The first kappa shape index (κ1) is 27.0. The van der Waals surface area contributed by atoms with Gasteiger partial charge in [0.1, 0.15) is 34.5 Å². The molecule has 3 atom stereocenters. The van der Waals surface area contributed by atoms with Gasteiger partial charge in [-0.25, -0.2) is 4.79 Å². The number of carboxylic acids is 1. The van der Waals surface area contributed by atoms with Gasteiger partial charge in [0.25, 0.3) is 5.91 Å². The molecule has 0 saturated carbocycles. The van der Waals surface area contributed by atoms with Crippen molar-refractivity contribution in [3.05, 3.63) is 39.6 Å². The van der Waals surface area contributed by atoms with Gasteiger partial charge >= 0.3 is 5.97 Å². The largest absolute Gasteiger partial charge is 0.480 e. The molecule has 2 fully saturated rings. The van der Waals surface area contributed by atoms with Crippen molar-refractivity contribution in [2.75, 3.05) is 0 Å². The van der Waals surface area contributed by atoms with E-state index in [1.807, 2.05) is 0 Å². The summed E-state index contributed by atoms with van der Waals surface area (Å²) in [4.78, 5) is 38.7. The zero-order valence-electron chi connectivity index (χ0n) is 17.6. The smallest absolute Gasteiger partial charge is 0.327 e. The van der Waals surface area contributed by atoms with E-state index in [0.717, 1.165) is 0 Å². The van der Waals surface area contributed by atoms with Crippen molar-refractivity contribution in [3.63, 3.8) is 0 Å². The fraction of sp³-hybridized carbons (Fsp3) is 0.368. The number of carbonyl (C=O) groups excluding carboxylic acids is 2. The van der Waals surface area contributed by atoms with Crippen molar-refractivity contribution in [2.24, 2.45) is 0 Å². The summed E-state index contributed by atoms with van der Waals surface area (Å²) in [5.74, 6) is -1.84. The third-order valence-corrected chi connectivity index (χ3v) is 7.45. The summed E-state index contributed by atoms with van der Waals surface area (Å²) >= 11 is 13.8. The first-order valence-corrected chi connectivity index (χ1v) is 10.6. The first-order valence-electron chi connectivity index (χ1n) is 8.99. The van der Waals surface area contributed by atoms with Crippen LogP contribution in [0.25, 0.3) is 11.3 Å². The standard InChI is InChI=1S/C19H17Cl2N3O5S.Na.H2O/c1-7-10(12(23-29-7)11-8(20)5-4-6-9(11)21)15(25)22-13-16(26)24-14(18(27)28)19(2,3)30-17(13)24;;/h4-6,13-14,17H,1-3H3,(H,22,25)(H,27,28);;1H2/t13-,14+,17-;;/m1../s1. The Morgan fingerprint density at radius 3 is 2.44 bits per heavy atom. The van der Waals surface area contributed by atoms with E-state index >= 15 is 0 Å². The van der Waals surface area contributed by atoms with E-state index in [9.17, 15) is 19.5 Å². The summed E-state index contributed by atoms with van der Waals surface area (Å²) in [5.41, 5.74) is 0.645. The normalized spacial score (nSPS) is 22.8. The van der Waals surface area contributed by atoms with E-state index in [0.29, 0.717) is 15.6 Å². The Balaban J connectivity index is 0.00000181. The maximum Gasteiger partial charge on any atom is 0.327 e. The Morgan fingerprint density at radius 2 is 1.88 bits per heavy atom. The van der Waals surface area contributed by atoms with Crippen molar-refractivity contribution in [1.29, 1.82) is 0 Å². The van der Waals surface area contributed by atoms with Gasteiger partial charge in [0.05, 0.1) is 10.0 Å². The van der Waals surface area contributed by atoms with E-state index in [2.05, 4.69) is 10.5 Å². The summed E-state index contributed by atoms with van der Waals surface area (Å²) in [6.07, 6.45) is 0. The molecule has 2 saturated heterocycles. The number of benzene rings is 1. The van der Waals surface area contributed by atoms with Crippen LogP contribution < -0.4 is 5.32 Å². The van der Waals surface area contributed by atoms with Crippen LogP contribution in [-0.4, -0.2) is 90.2 Å². The van der Waals surface area contributed by atoms with Gasteiger partial charge in [-0.05, 0) is 32.9 Å². The number of carbonyl (C=O) groups is 3. The van der Waals surface area contributed by atoms with E-state index < -0.39 is 40.0 Å². The molecular formula is C19H19Cl2N3NaO6S. The number of rotatable bonds is 4. The molecule has 1 radical (unpaired) electrons. The first-order chi connectivity index (χ1) is 14.0. The number of carboxylic acid groups (broad SMARTS) is 1.